The molecule has 0 aliphatic carbocycles. The van der Waals surface area contributed by atoms with Crippen molar-refractivity contribution in [2.24, 2.45) is 0 Å². The number of anilines is 1. The fourth-order valence-corrected chi connectivity index (χ4v) is 5.64. The fraction of sp³-hybridized carbons (Fsp3) is 0.333. The van der Waals surface area contributed by atoms with Gasteiger partial charge in [0.25, 0.3) is 0 Å². The molecule has 3 aromatic rings. The highest BCUT2D eigenvalue weighted by atomic mass is 32.2. The lowest BCUT2D eigenvalue weighted by molar-refractivity contribution is -0.118. The molecule has 1 aromatic heterocycles. The number of rotatable bonds is 7. The number of carbonyl (C=O) groups excluding carboxylic acids is 1. The Morgan fingerprint density at radius 3 is 2.48 bits per heavy atom. The largest absolute Gasteiger partial charge is 0.354 e. The van der Waals surface area contributed by atoms with Gasteiger partial charge in [0.15, 0.2) is 15.0 Å². The summed E-state index contributed by atoms with van der Waals surface area (Å²) in [7, 11) is -3.79. The predicted octanol–water partition coefficient (Wildman–Crippen LogP) is 2.15. The number of hydrogen-bond donors (Lipinski definition) is 1. The molecule has 10 heteroatoms. The maximum Gasteiger partial charge on any atom is 0.235 e. The van der Waals surface area contributed by atoms with E-state index >= 15 is 0 Å². The van der Waals surface area contributed by atoms with Crippen molar-refractivity contribution in [3.8, 4) is 0 Å². The van der Waals surface area contributed by atoms with Gasteiger partial charge in [0, 0.05) is 39.3 Å². The number of fused-ring (bicyclic) bond motifs is 1. The summed E-state index contributed by atoms with van der Waals surface area (Å²) in [6.45, 7) is 4.42. The van der Waals surface area contributed by atoms with Crippen LogP contribution in [0.4, 0.5) is 9.52 Å². The Hall–Kier alpha value is -2.56. The van der Waals surface area contributed by atoms with E-state index in [1.165, 1.54) is 16.8 Å². The van der Waals surface area contributed by atoms with E-state index < -0.39 is 27.3 Å². The van der Waals surface area contributed by atoms with Crippen LogP contribution in [0, 0.1) is 5.82 Å². The molecule has 0 bridgehead atoms. The third-order valence-corrected chi connectivity index (χ3v) is 7.90. The number of aromatic nitrogens is 1. The zero-order valence-corrected chi connectivity index (χ0v) is 18.5. The number of amides is 1. The van der Waals surface area contributed by atoms with Gasteiger partial charge in [-0.2, -0.15) is 0 Å². The average Bonchev–Trinajstić information content (AvgIpc) is 3.18. The van der Waals surface area contributed by atoms with Crippen molar-refractivity contribution in [2.75, 3.05) is 49.9 Å². The van der Waals surface area contributed by atoms with Gasteiger partial charge in [-0.05, 0) is 36.4 Å². The van der Waals surface area contributed by atoms with Crippen molar-refractivity contribution in [2.45, 2.75) is 4.90 Å². The van der Waals surface area contributed by atoms with Crippen LogP contribution >= 0.6 is 11.3 Å². The second-order valence-electron chi connectivity index (χ2n) is 7.36. The van der Waals surface area contributed by atoms with Crippen LogP contribution in [0.3, 0.4) is 0 Å². The Balaban J connectivity index is 1.21. The zero-order chi connectivity index (χ0) is 21.8. The van der Waals surface area contributed by atoms with Gasteiger partial charge in [0.1, 0.15) is 11.6 Å². The van der Waals surface area contributed by atoms with Gasteiger partial charge in [-0.1, -0.05) is 23.5 Å². The molecule has 0 unspecified atom stereocenters. The summed E-state index contributed by atoms with van der Waals surface area (Å²) in [5.41, 5.74) is 1.02. The van der Waals surface area contributed by atoms with Gasteiger partial charge in [-0.3, -0.25) is 9.69 Å². The number of halogens is 1. The minimum atomic E-state index is -3.79. The third-order valence-electron chi connectivity index (χ3n) is 5.17. The monoisotopic (exact) mass is 462 g/mol. The number of benzene rings is 2. The van der Waals surface area contributed by atoms with E-state index in [-0.39, 0.29) is 4.90 Å². The summed E-state index contributed by atoms with van der Waals surface area (Å²) in [5.74, 6) is -1.73. The quantitative estimate of drug-likeness (QED) is 0.542. The van der Waals surface area contributed by atoms with Crippen molar-refractivity contribution in [3.05, 3.63) is 54.3 Å². The second kappa shape index (κ2) is 9.29. The summed E-state index contributed by atoms with van der Waals surface area (Å²) in [4.78, 5) is 21.2. The summed E-state index contributed by atoms with van der Waals surface area (Å²) >= 11 is 1.69. The van der Waals surface area contributed by atoms with Crippen LogP contribution in [-0.4, -0.2) is 69.2 Å². The smallest absolute Gasteiger partial charge is 0.235 e. The first kappa shape index (κ1) is 21.7. The standard InChI is InChI=1S/C21H23FN4O3S2/c22-16-5-7-17(8-6-16)31(28,29)15-20(27)23-9-10-25-11-13-26(14-12-25)21-24-18-3-1-2-4-19(18)30-21/h1-8H,9-15H2,(H,23,27). The molecule has 4 rings (SSSR count). The molecule has 0 radical (unpaired) electrons. The van der Waals surface area contributed by atoms with Crippen LogP contribution in [0.2, 0.25) is 0 Å². The topological polar surface area (TPSA) is 82.6 Å². The molecule has 0 atom stereocenters. The molecule has 1 amide bonds. The Labute approximate surface area is 184 Å². The fourth-order valence-electron chi connectivity index (χ4n) is 3.46. The van der Waals surface area contributed by atoms with E-state index in [9.17, 15) is 17.6 Å². The van der Waals surface area contributed by atoms with Crippen LogP contribution in [0.1, 0.15) is 0 Å². The Bertz CT molecular complexity index is 1120. The van der Waals surface area contributed by atoms with E-state index in [0.717, 1.165) is 49.0 Å². The highest BCUT2D eigenvalue weighted by Crippen LogP contribution is 2.29. The first-order valence-electron chi connectivity index (χ1n) is 9.99. The maximum atomic E-state index is 13.0. The highest BCUT2D eigenvalue weighted by molar-refractivity contribution is 7.92. The molecule has 0 saturated carbocycles. The molecule has 1 N–H and O–H groups in total. The van der Waals surface area contributed by atoms with Crippen LogP contribution < -0.4 is 10.2 Å². The summed E-state index contributed by atoms with van der Waals surface area (Å²) in [6.07, 6.45) is 0. The molecule has 0 spiro atoms. The summed E-state index contributed by atoms with van der Waals surface area (Å²) in [6, 6.07) is 12.6. The molecule has 1 fully saturated rings. The normalized spacial score (nSPS) is 15.3. The van der Waals surface area contributed by atoms with Crippen molar-refractivity contribution in [3.63, 3.8) is 0 Å². The van der Waals surface area contributed by atoms with Gasteiger partial charge in [-0.25, -0.2) is 17.8 Å². The Morgan fingerprint density at radius 1 is 1.06 bits per heavy atom. The number of piperazine rings is 1. The number of nitrogens with one attached hydrogen (secondary N) is 1. The van der Waals surface area contributed by atoms with Crippen LogP contribution in [0.25, 0.3) is 10.2 Å². The van der Waals surface area contributed by atoms with Crippen molar-refractivity contribution in [1.29, 1.82) is 0 Å². The molecule has 164 valence electrons. The highest BCUT2D eigenvalue weighted by Gasteiger charge is 2.21. The number of nitrogens with zero attached hydrogens (tertiary/aromatic N) is 3. The molecule has 1 saturated heterocycles. The molecule has 1 aliphatic heterocycles. The lowest BCUT2D eigenvalue weighted by Crippen LogP contribution is -2.48. The van der Waals surface area contributed by atoms with E-state index in [2.05, 4.69) is 21.2 Å². The van der Waals surface area contributed by atoms with Crippen molar-refractivity contribution in [1.82, 2.24) is 15.2 Å². The maximum absolute atomic E-state index is 13.0. The van der Waals surface area contributed by atoms with Gasteiger partial charge in [-0.15, -0.1) is 0 Å². The number of hydrogen-bond acceptors (Lipinski definition) is 7. The minimum absolute atomic E-state index is 0.0602. The lowest BCUT2D eigenvalue weighted by atomic mass is 10.3. The summed E-state index contributed by atoms with van der Waals surface area (Å²) < 4.78 is 38.6. The number of sulfone groups is 1. The van der Waals surface area contributed by atoms with E-state index in [4.69, 9.17) is 4.98 Å². The molecule has 2 aromatic carbocycles. The van der Waals surface area contributed by atoms with Gasteiger partial charge < -0.3 is 10.2 Å². The second-order valence-corrected chi connectivity index (χ2v) is 10.4. The van der Waals surface area contributed by atoms with Crippen molar-refractivity contribution < 1.29 is 17.6 Å². The van der Waals surface area contributed by atoms with Gasteiger partial charge in [0.2, 0.25) is 5.91 Å². The van der Waals surface area contributed by atoms with Crippen LogP contribution in [0.15, 0.2) is 53.4 Å². The first-order valence-corrected chi connectivity index (χ1v) is 12.5. The van der Waals surface area contributed by atoms with E-state index in [0.29, 0.717) is 13.1 Å². The van der Waals surface area contributed by atoms with Crippen LogP contribution in [0.5, 0.6) is 0 Å². The SMILES string of the molecule is O=C(CS(=O)(=O)c1ccc(F)cc1)NCCN1CCN(c2nc3ccccc3s2)CC1. The minimum Gasteiger partial charge on any atom is -0.354 e. The van der Waals surface area contributed by atoms with Gasteiger partial charge >= 0.3 is 0 Å². The Kier molecular flexibility index (Phi) is 6.49. The van der Waals surface area contributed by atoms with E-state index in [1.54, 1.807) is 11.3 Å². The average molecular weight is 463 g/mol. The molecule has 1 aliphatic rings. The predicted molar refractivity (Wildman–Crippen MR) is 120 cm³/mol. The van der Waals surface area contributed by atoms with E-state index in [1.807, 2.05) is 18.2 Å². The molecular formula is C21H23FN4O3S2. The molecule has 2 heterocycles. The number of thiazole rings is 1. The first-order chi connectivity index (χ1) is 14.9. The lowest BCUT2D eigenvalue weighted by Gasteiger charge is -2.34. The number of para-hydroxylation sites is 1. The molecule has 7 nitrogen and oxygen atoms in total. The molecule has 31 heavy (non-hydrogen) atoms. The number of carbonyl (C=O) groups is 1. The summed E-state index contributed by atoms with van der Waals surface area (Å²) in [5, 5.41) is 3.70. The van der Waals surface area contributed by atoms with Gasteiger partial charge in [0.05, 0.1) is 15.1 Å². The Morgan fingerprint density at radius 2 is 1.77 bits per heavy atom. The van der Waals surface area contributed by atoms with Crippen molar-refractivity contribution >= 4 is 42.4 Å². The molecular weight excluding hydrogens is 439 g/mol. The van der Waals surface area contributed by atoms with Crippen LogP contribution in [-0.2, 0) is 14.6 Å². The third kappa shape index (κ3) is 5.38. The zero-order valence-electron chi connectivity index (χ0n) is 16.8.